The van der Waals surface area contributed by atoms with Crippen molar-refractivity contribution in [1.29, 1.82) is 0 Å². The van der Waals surface area contributed by atoms with E-state index in [1.807, 2.05) is 0 Å². The molecular formula is C18H36N2O3S2. The summed E-state index contributed by atoms with van der Waals surface area (Å²) in [5, 5.41) is 6.72. The molecule has 7 heteroatoms. The Kier molecular flexibility index (Phi) is 10.8. The van der Waals surface area contributed by atoms with Gasteiger partial charge in [-0.2, -0.15) is 8.42 Å². The summed E-state index contributed by atoms with van der Waals surface area (Å²) in [4.78, 5) is 0. The predicted molar refractivity (Wildman–Crippen MR) is 106 cm³/mol. The summed E-state index contributed by atoms with van der Waals surface area (Å²) >= 11 is 0. The third kappa shape index (κ3) is 10.2. The average Bonchev–Trinajstić information content (AvgIpc) is 2.63. The third-order valence-electron chi connectivity index (χ3n) is 5.33. The highest BCUT2D eigenvalue weighted by Gasteiger charge is 2.15. The van der Waals surface area contributed by atoms with E-state index >= 15 is 0 Å². The van der Waals surface area contributed by atoms with Gasteiger partial charge in [0.25, 0.3) is 0 Å². The van der Waals surface area contributed by atoms with Crippen molar-refractivity contribution in [3.8, 4) is 0 Å². The monoisotopic (exact) mass is 392 g/mol. The molecule has 0 atom stereocenters. The van der Waals surface area contributed by atoms with Gasteiger partial charge in [0, 0.05) is 18.8 Å². The van der Waals surface area contributed by atoms with E-state index in [1.54, 1.807) is 0 Å². The van der Waals surface area contributed by atoms with E-state index in [0.717, 1.165) is 42.3 Å². The number of hydrogen-bond donors (Lipinski definition) is 2. The molecule has 2 N–H and O–H groups in total. The summed E-state index contributed by atoms with van der Waals surface area (Å²) in [6.45, 7) is 3.58. The molecule has 0 aliphatic heterocycles. The molecule has 2 aliphatic rings. The maximum atomic E-state index is 11.8. The first kappa shape index (κ1) is 21.5. The number of rotatable bonds is 12. The van der Waals surface area contributed by atoms with Crippen LogP contribution in [0.4, 0.5) is 0 Å². The molecule has 2 fully saturated rings. The van der Waals surface area contributed by atoms with Gasteiger partial charge in [-0.05, 0) is 61.4 Å². The minimum atomic E-state index is -3.46. The third-order valence-corrected chi connectivity index (χ3v) is 8.10. The Bertz CT molecular complexity index is 400. The van der Waals surface area contributed by atoms with Gasteiger partial charge in [0.2, 0.25) is 0 Å². The van der Waals surface area contributed by atoms with Gasteiger partial charge in [-0.3, -0.25) is 4.18 Å². The van der Waals surface area contributed by atoms with Crippen LogP contribution in [0.2, 0.25) is 0 Å². The van der Waals surface area contributed by atoms with Crippen LogP contribution in [0.25, 0.3) is 0 Å². The molecule has 2 saturated carbocycles. The molecule has 0 aromatic carbocycles. The van der Waals surface area contributed by atoms with Gasteiger partial charge in [0.1, 0.15) is 0 Å². The van der Waals surface area contributed by atoms with Crippen LogP contribution < -0.4 is 10.6 Å². The Balaban J connectivity index is 1.42. The van der Waals surface area contributed by atoms with Crippen molar-refractivity contribution >= 4 is 19.9 Å². The van der Waals surface area contributed by atoms with Crippen LogP contribution in [0.5, 0.6) is 0 Å². The molecule has 0 saturated heterocycles. The zero-order chi connectivity index (χ0) is 17.8. The van der Waals surface area contributed by atoms with Crippen LogP contribution in [0.1, 0.15) is 64.2 Å². The summed E-state index contributed by atoms with van der Waals surface area (Å²) in [6, 6.07) is 0. The highest BCUT2D eigenvalue weighted by molar-refractivity contribution is 8.70. The lowest BCUT2D eigenvalue weighted by Gasteiger charge is -2.21. The zero-order valence-corrected chi connectivity index (χ0v) is 17.1. The van der Waals surface area contributed by atoms with Crippen molar-refractivity contribution in [1.82, 2.24) is 10.6 Å². The fourth-order valence-electron chi connectivity index (χ4n) is 3.86. The van der Waals surface area contributed by atoms with Crippen LogP contribution in [-0.2, 0) is 13.3 Å². The first-order valence-corrected chi connectivity index (χ1v) is 13.0. The maximum absolute atomic E-state index is 11.8. The van der Waals surface area contributed by atoms with E-state index < -0.39 is 9.15 Å². The Labute approximate surface area is 158 Å². The van der Waals surface area contributed by atoms with Crippen molar-refractivity contribution in [2.24, 2.45) is 11.8 Å². The average molecular weight is 393 g/mol. The second-order valence-corrected chi connectivity index (χ2v) is 11.1. The van der Waals surface area contributed by atoms with E-state index in [9.17, 15) is 8.42 Å². The van der Waals surface area contributed by atoms with Crippen LogP contribution in [0.15, 0.2) is 0 Å². The van der Waals surface area contributed by atoms with Gasteiger partial charge in [-0.1, -0.05) is 38.5 Å². The van der Waals surface area contributed by atoms with Crippen molar-refractivity contribution in [3.05, 3.63) is 0 Å². The van der Waals surface area contributed by atoms with Gasteiger partial charge in [0.05, 0.1) is 6.61 Å². The maximum Gasteiger partial charge on any atom is 0.322 e. The summed E-state index contributed by atoms with van der Waals surface area (Å²) in [6.07, 6.45) is 13.3. The topological polar surface area (TPSA) is 67.4 Å². The van der Waals surface area contributed by atoms with Crippen molar-refractivity contribution in [2.75, 3.05) is 38.5 Å². The number of nitrogens with one attached hydrogen (secondary N) is 2. The quantitative estimate of drug-likeness (QED) is 0.392. The summed E-state index contributed by atoms with van der Waals surface area (Å²) < 4.78 is 28.8. The molecule has 5 nitrogen and oxygen atoms in total. The van der Waals surface area contributed by atoms with Crippen LogP contribution in [-0.4, -0.2) is 47.0 Å². The Hall–Kier alpha value is 0.180. The number of hydrogen-bond acceptors (Lipinski definition) is 6. The summed E-state index contributed by atoms with van der Waals surface area (Å²) in [5.41, 5.74) is 0. The van der Waals surface area contributed by atoms with Crippen LogP contribution in [0, 0.1) is 11.8 Å². The van der Waals surface area contributed by atoms with Crippen molar-refractivity contribution < 1.29 is 12.6 Å². The smallest absolute Gasteiger partial charge is 0.316 e. The zero-order valence-electron chi connectivity index (χ0n) is 15.5. The van der Waals surface area contributed by atoms with Gasteiger partial charge in [-0.25, -0.2) is 0 Å². The summed E-state index contributed by atoms with van der Waals surface area (Å²) in [7, 11) is -2.54. The first-order chi connectivity index (χ1) is 12.2. The minimum absolute atomic E-state index is 0.234. The molecule has 0 bridgehead atoms. The molecule has 0 spiro atoms. The molecule has 0 aromatic heterocycles. The lowest BCUT2D eigenvalue weighted by atomic mass is 9.89. The minimum Gasteiger partial charge on any atom is -0.316 e. The van der Waals surface area contributed by atoms with E-state index in [4.69, 9.17) is 4.18 Å². The van der Waals surface area contributed by atoms with Gasteiger partial charge >= 0.3 is 9.15 Å². The molecule has 0 unspecified atom stereocenters. The molecule has 148 valence electrons. The van der Waals surface area contributed by atoms with Gasteiger partial charge in [0.15, 0.2) is 0 Å². The molecule has 25 heavy (non-hydrogen) atoms. The van der Waals surface area contributed by atoms with Crippen molar-refractivity contribution in [2.45, 2.75) is 64.2 Å². The van der Waals surface area contributed by atoms with Crippen molar-refractivity contribution in [3.63, 3.8) is 0 Å². The molecule has 2 rings (SSSR count). The Morgan fingerprint density at radius 3 is 1.88 bits per heavy atom. The lowest BCUT2D eigenvalue weighted by molar-refractivity contribution is 0.303. The van der Waals surface area contributed by atoms with E-state index in [1.165, 1.54) is 64.2 Å². The molecule has 2 aliphatic carbocycles. The SMILES string of the molecule is O=S(=O)(OCCNCC1CCCCC1)SCCNCC1CCCCC1. The second kappa shape index (κ2) is 12.5. The van der Waals surface area contributed by atoms with Crippen LogP contribution >= 0.6 is 10.8 Å². The molecular weight excluding hydrogens is 356 g/mol. The largest absolute Gasteiger partial charge is 0.322 e. The summed E-state index contributed by atoms with van der Waals surface area (Å²) in [5.74, 6) is 2.08. The van der Waals surface area contributed by atoms with Crippen LogP contribution in [0.3, 0.4) is 0 Å². The Morgan fingerprint density at radius 1 is 0.800 bits per heavy atom. The van der Waals surface area contributed by atoms with E-state index in [-0.39, 0.29) is 6.61 Å². The molecule has 0 radical (unpaired) electrons. The van der Waals surface area contributed by atoms with Gasteiger partial charge in [-0.15, -0.1) is 0 Å². The highest BCUT2D eigenvalue weighted by atomic mass is 33.1. The van der Waals surface area contributed by atoms with Gasteiger partial charge < -0.3 is 10.6 Å². The fourth-order valence-corrected chi connectivity index (χ4v) is 5.92. The predicted octanol–water partition coefficient (Wildman–Crippen LogP) is 3.32. The molecule has 0 aromatic rings. The molecule has 0 heterocycles. The highest BCUT2D eigenvalue weighted by Crippen LogP contribution is 2.23. The molecule has 0 amide bonds. The first-order valence-electron chi connectivity index (χ1n) is 10.1. The normalized spacial score (nSPS) is 20.8. The standard InChI is InChI=1S/C18H36N2O3S2/c21-25(22,23-13-11-19-15-17-7-3-1-4-8-17)24-14-12-20-16-18-9-5-2-6-10-18/h17-20H,1-16H2. The Morgan fingerprint density at radius 2 is 1.32 bits per heavy atom. The van der Waals surface area contributed by atoms with E-state index in [0.29, 0.717) is 12.3 Å². The van der Waals surface area contributed by atoms with E-state index in [2.05, 4.69) is 10.6 Å². The fraction of sp³-hybridized carbons (Fsp3) is 1.00. The second-order valence-electron chi connectivity index (χ2n) is 7.47. The lowest BCUT2D eigenvalue weighted by Crippen LogP contribution is -2.28.